The number of hydrogen-bond donors (Lipinski definition) is 1. The molecule has 4 nitrogen and oxygen atoms in total. The molecular formula is C10H9F2IN2O2. The van der Waals surface area contributed by atoms with Gasteiger partial charge in [0, 0.05) is 6.54 Å². The number of hydrogen-bond acceptors (Lipinski definition) is 3. The molecule has 1 heterocycles. The van der Waals surface area contributed by atoms with Crippen LogP contribution in [0.15, 0.2) is 12.1 Å². The number of carbonyl (C=O) groups excluding carboxylic acids is 1. The molecule has 0 bridgehead atoms. The van der Waals surface area contributed by atoms with Crippen molar-refractivity contribution in [1.82, 2.24) is 0 Å². The Morgan fingerprint density at radius 2 is 2.06 bits per heavy atom. The van der Waals surface area contributed by atoms with Gasteiger partial charge in [-0.25, -0.2) is 13.6 Å². The van der Waals surface area contributed by atoms with Crippen LogP contribution in [0.1, 0.15) is 0 Å². The van der Waals surface area contributed by atoms with E-state index in [1.807, 2.05) is 0 Å². The predicted molar refractivity (Wildman–Crippen MR) is 65.7 cm³/mol. The maximum Gasteiger partial charge on any atom is 0.414 e. The second-order valence-corrected chi connectivity index (χ2v) is 4.65. The van der Waals surface area contributed by atoms with Crippen LogP contribution < -0.4 is 10.6 Å². The first kappa shape index (κ1) is 12.5. The number of nitrogens with two attached hydrogens (primary N) is 1. The smallest absolute Gasteiger partial charge is 0.414 e. The number of amides is 1. The number of benzene rings is 1. The first-order valence-corrected chi connectivity index (χ1v) is 5.93. The largest absolute Gasteiger partial charge is 0.443 e. The van der Waals surface area contributed by atoms with E-state index in [4.69, 9.17) is 10.5 Å². The van der Waals surface area contributed by atoms with Crippen LogP contribution in [0, 0.1) is 15.2 Å². The van der Waals surface area contributed by atoms with Crippen LogP contribution in [0.25, 0.3) is 0 Å². The van der Waals surface area contributed by atoms with Crippen LogP contribution in [0.2, 0.25) is 0 Å². The summed E-state index contributed by atoms with van der Waals surface area (Å²) in [4.78, 5) is 12.6. The van der Waals surface area contributed by atoms with Crippen LogP contribution in [0.3, 0.4) is 0 Å². The number of ether oxygens (including phenoxy) is 1. The van der Waals surface area contributed by atoms with Crippen molar-refractivity contribution in [3.05, 3.63) is 27.3 Å². The predicted octanol–water partition coefficient (Wildman–Crippen LogP) is 1.85. The van der Waals surface area contributed by atoms with Crippen LogP contribution in [0.4, 0.5) is 19.3 Å². The molecule has 1 aliphatic rings. The minimum Gasteiger partial charge on any atom is -0.443 e. The summed E-state index contributed by atoms with van der Waals surface area (Å²) in [6, 6.07) is 2.20. The van der Waals surface area contributed by atoms with Gasteiger partial charge in [0.15, 0.2) is 0 Å². The lowest BCUT2D eigenvalue weighted by Gasteiger charge is -2.13. The molecule has 0 unspecified atom stereocenters. The summed E-state index contributed by atoms with van der Waals surface area (Å²) < 4.78 is 31.5. The fraction of sp³-hybridized carbons (Fsp3) is 0.300. The highest BCUT2D eigenvalue weighted by molar-refractivity contribution is 14.1. The van der Waals surface area contributed by atoms with E-state index in [9.17, 15) is 13.6 Å². The van der Waals surface area contributed by atoms with Crippen molar-refractivity contribution >= 4 is 34.4 Å². The molecule has 1 aliphatic heterocycles. The summed E-state index contributed by atoms with van der Waals surface area (Å²) in [7, 11) is 0. The number of nitrogens with zero attached hydrogens (tertiary/aromatic N) is 1. The van der Waals surface area contributed by atoms with E-state index >= 15 is 0 Å². The summed E-state index contributed by atoms with van der Waals surface area (Å²) >= 11 is 1.56. The Labute approximate surface area is 110 Å². The molecule has 1 saturated heterocycles. The van der Waals surface area contributed by atoms with Crippen LogP contribution in [-0.2, 0) is 4.74 Å². The second kappa shape index (κ2) is 4.73. The number of carbonyl (C=O) groups is 1. The van der Waals surface area contributed by atoms with E-state index in [0.717, 1.165) is 12.1 Å². The number of cyclic esters (lactones) is 1. The number of rotatable bonds is 2. The lowest BCUT2D eigenvalue weighted by Crippen LogP contribution is -2.27. The van der Waals surface area contributed by atoms with E-state index in [2.05, 4.69) is 0 Å². The fourth-order valence-corrected chi connectivity index (χ4v) is 1.86. The molecule has 0 saturated carbocycles. The Bertz CT molecular complexity index is 447. The number of anilines is 1. The highest BCUT2D eigenvalue weighted by Gasteiger charge is 2.32. The van der Waals surface area contributed by atoms with Crippen molar-refractivity contribution < 1.29 is 18.3 Å². The van der Waals surface area contributed by atoms with E-state index in [0.29, 0.717) is 0 Å². The van der Waals surface area contributed by atoms with Gasteiger partial charge in [0.05, 0.1) is 15.8 Å². The molecule has 2 rings (SSSR count). The van der Waals surface area contributed by atoms with E-state index in [1.165, 1.54) is 4.90 Å². The van der Waals surface area contributed by atoms with Gasteiger partial charge in [-0.15, -0.1) is 0 Å². The summed E-state index contributed by atoms with van der Waals surface area (Å²) in [5.74, 6) is -1.41. The van der Waals surface area contributed by atoms with E-state index in [1.54, 1.807) is 22.6 Å². The molecule has 92 valence electrons. The van der Waals surface area contributed by atoms with Gasteiger partial charge in [0.1, 0.15) is 17.7 Å². The maximum atomic E-state index is 13.3. The fourth-order valence-electron chi connectivity index (χ4n) is 1.55. The minimum absolute atomic E-state index is 0.103. The molecule has 1 aromatic rings. The summed E-state index contributed by atoms with van der Waals surface area (Å²) in [6.45, 7) is 0.381. The zero-order valence-corrected chi connectivity index (χ0v) is 10.8. The quantitative estimate of drug-likeness (QED) is 0.652. The summed E-state index contributed by atoms with van der Waals surface area (Å²) in [6.07, 6.45) is -1.08. The third kappa shape index (κ3) is 2.34. The van der Waals surface area contributed by atoms with Gasteiger partial charge in [-0.3, -0.25) is 4.90 Å². The molecule has 1 amide bonds. The van der Waals surface area contributed by atoms with Crippen LogP contribution in [0.5, 0.6) is 0 Å². The van der Waals surface area contributed by atoms with E-state index in [-0.39, 0.29) is 22.3 Å². The maximum absolute atomic E-state index is 13.3. The monoisotopic (exact) mass is 354 g/mol. The number of halogens is 3. The van der Waals surface area contributed by atoms with Crippen molar-refractivity contribution in [3.63, 3.8) is 0 Å². The highest BCUT2D eigenvalue weighted by Crippen LogP contribution is 2.26. The molecule has 0 aliphatic carbocycles. The molecule has 7 heteroatoms. The highest BCUT2D eigenvalue weighted by atomic mass is 127. The lowest BCUT2D eigenvalue weighted by molar-refractivity contribution is 0.145. The van der Waals surface area contributed by atoms with Gasteiger partial charge in [0.25, 0.3) is 0 Å². The SMILES string of the molecule is NC[C@H]1CN(c2cc(F)c(I)c(F)c2)C(=O)O1. The van der Waals surface area contributed by atoms with Crippen molar-refractivity contribution in [2.45, 2.75) is 6.10 Å². The zero-order valence-electron chi connectivity index (χ0n) is 8.62. The van der Waals surface area contributed by atoms with Gasteiger partial charge >= 0.3 is 6.09 Å². The molecule has 0 spiro atoms. The normalized spacial score (nSPS) is 19.6. The van der Waals surface area contributed by atoms with Gasteiger partial charge in [0.2, 0.25) is 0 Å². The van der Waals surface area contributed by atoms with Crippen molar-refractivity contribution in [1.29, 1.82) is 0 Å². The Morgan fingerprint density at radius 1 is 1.47 bits per heavy atom. The zero-order chi connectivity index (χ0) is 12.6. The average molecular weight is 354 g/mol. The van der Waals surface area contributed by atoms with Crippen molar-refractivity contribution in [2.75, 3.05) is 18.0 Å². The third-order valence-electron chi connectivity index (χ3n) is 2.42. The lowest BCUT2D eigenvalue weighted by atomic mass is 10.2. The Kier molecular flexibility index (Phi) is 3.48. The van der Waals surface area contributed by atoms with Crippen LogP contribution in [-0.4, -0.2) is 25.3 Å². The summed E-state index contributed by atoms with van der Waals surface area (Å²) in [5, 5.41) is 0. The summed E-state index contributed by atoms with van der Waals surface area (Å²) in [5.41, 5.74) is 5.51. The molecule has 1 fully saturated rings. The standard InChI is InChI=1S/C10H9F2IN2O2/c11-7-1-5(2-8(12)9(7)13)15-4-6(3-14)17-10(15)16/h1-2,6H,3-4,14H2/t6-/m0/s1. The molecule has 17 heavy (non-hydrogen) atoms. The van der Waals surface area contributed by atoms with Crippen molar-refractivity contribution in [3.8, 4) is 0 Å². The molecule has 0 aromatic heterocycles. The molecule has 1 atom stereocenters. The topological polar surface area (TPSA) is 55.6 Å². The molecule has 1 aromatic carbocycles. The van der Waals surface area contributed by atoms with Gasteiger partial charge < -0.3 is 10.5 Å². The average Bonchev–Trinajstić information content (AvgIpc) is 2.67. The molecular weight excluding hydrogens is 345 g/mol. The third-order valence-corrected chi connectivity index (χ3v) is 3.45. The van der Waals surface area contributed by atoms with Gasteiger partial charge in [-0.2, -0.15) is 0 Å². The van der Waals surface area contributed by atoms with E-state index < -0.39 is 23.8 Å². The Morgan fingerprint density at radius 3 is 2.53 bits per heavy atom. The van der Waals surface area contributed by atoms with Crippen LogP contribution >= 0.6 is 22.6 Å². The van der Waals surface area contributed by atoms with Gasteiger partial charge in [-0.05, 0) is 34.7 Å². The second-order valence-electron chi connectivity index (χ2n) is 3.58. The molecule has 0 radical (unpaired) electrons. The molecule has 2 N–H and O–H groups in total. The Hall–Kier alpha value is -0.960. The van der Waals surface area contributed by atoms with Crippen molar-refractivity contribution in [2.24, 2.45) is 5.73 Å². The first-order valence-electron chi connectivity index (χ1n) is 4.85. The first-order chi connectivity index (χ1) is 8.02. The minimum atomic E-state index is -0.704. The van der Waals surface area contributed by atoms with Gasteiger partial charge in [-0.1, -0.05) is 0 Å². The Balaban J connectivity index is 2.32.